The van der Waals surface area contributed by atoms with Crippen LogP contribution in [0.25, 0.3) is 0 Å². The molecule has 0 aliphatic carbocycles. The molecule has 0 atom stereocenters. The average Bonchev–Trinajstić information content (AvgIpc) is 2.73. The van der Waals surface area contributed by atoms with E-state index in [1.807, 2.05) is 6.20 Å². The van der Waals surface area contributed by atoms with Gasteiger partial charge in [-0.3, -0.25) is 4.90 Å². The Morgan fingerprint density at radius 1 is 1.42 bits per heavy atom. The molecule has 0 spiro atoms. The summed E-state index contributed by atoms with van der Waals surface area (Å²) in [5.41, 5.74) is 0. The lowest BCUT2D eigenvalue weighted by molar-refractivity contribution is 0.278. The first-order chi connectivity index (χ1) is 9.09. The first kappa shape index (κ1) is 15.1. The Labute approximate surface area is 125 Å². The summed E-state index contributed by atoms with van der Waals surface area (Å²) in [4.78, 5) is 8.39. The van der Waals surface area contributed by atoms with Gasteiger partial charge in [-0.25, -0.2) is 4.98 Å². The Hall–Kier alpha value is -0.260. The van der Waals surface area contributed by atoms with Crippen molar-refractivity contribution in [3.63, 3.8) is 0 Å². The Bertz CT molecular complexity index is 390. The molecule has 2 rings (SSSR count). The molecule has 0 unspecified atom stereocenters. The predicted octanol–water partition coefficient (Wildman–Crippen LogP) is 3.68. The van der Waals surface area contributed by atoms with Gasteiger partial charge in [0.1, 0.15) is 0 Å². The zero-order chi connectivity index (χ0) is 13.7. The topological polar surface area (TPSA) is 28.2 Å². The van der Waals surface area contributed by atoms with Gasteiger partial charge in [0, 0.05) is 41.2 Å². The van der Waals surface area contributed by atoms with Crippen molar-refractivity contribution in [3.05, 3.63) is 11.1 Å². The molecule has 0 bridgehead atoms. The molecular weight excluding hydrogens is 274 g/mol. The van der Waals surface area contributed by atoms with Gasteiger partial charge in [0.05, 0.1) is 0 Å². The smallest absolute Gasteiger partial charge is 0.182 e. The summed E-state index contributed by atoms with van der Waals surface area (Å²) in [7, 11) is 0. The molecule has 108 valence electrons. The van der Waals surface area contributed by atoms with Crippen LogP contribution in [0, 0.1) is 0 Å². The summed E-state index contributed by atoms with van der Waals surface area (Å²) >= 11 is 3.91. The van der Waals surface area contributed by atoms with Gasteiger partial charge in [0.15, 0.2) is 5.13 Å². The summed E-state index contributed by atoms with van der Waals surface area (Å²) in [6, 6.07) is 0. The van der Waals surface area contributed by atoms with E-state index < -0.39 is 0 Å². The van der Waals surface area contributed by atoms with Crippen LogP contribution in [0.5, 0.6) is 0 Å². The van der Waals surface area contributed by atoms with Gasteiger partial charge in [-0.2, -0.15) is 11.8 Å². The molecule has 1 aliphatic heterocycles. The molecule has 5 heteroatoms. The zero-order valence-electron chi connectivity index (χ0n) is 12.2. The van der Waals surface area contributed by atoms with E-state index in [-0.39, 0.29) is 0 Å². The molecule has 1 N–H and O–H groups in total. The SMILES string of the molecule is CCCNc1ncc(CN2CCSC(C)(C)CC2)s1. The number of aromatic nitrogens is 1. The molecule has 19 heavy (non-hydrogen) atoms. The third kappa shape index (κ3) is 4.97. The number of rotatable bonds is 5. The van der Waals surface area contributed by atoms with Gasteiger partial charge in [-0.05, 0) is 19.4 Å². The van der Waals surface area contributed by atoms with Crippen LogP contribution in [0.1, 0.15) is 38.5 Å². The van der Waals surface area contributed by atoms with Crippen LogP contribution in [0.4, 0.5) is 5.13 Å². The van der Waals surface area contributed by atoms with Crippen LogP contribution in [0.3, 0.4) is 0 Å². The number of anilines is 1. The number of hydrogen-bond acceptors (Lipinski definition) is 5. The normalized spacial score (nSPS) is 20.2. The Balaban J connectivity index is 1.85. The fraction of sp³-hybridized carbons (Fsp3) is 0.786. The van der Waals surface area contributed by atoms with E-state index in [9.17, 15) is 0 Å². The highest BCUT2D eigenvalue weighted by Gasteiger charge is 2.23. The first-order valence-corrected chi connectivity index (χ1v) is 8.94. The minimum atomic E-state index is 0.441. The third-order valence-electron chi connectivity index (χ3n) is 3.39. The lowest BCUT2D eigenvalue weighted by atomic mass is 10.1. The molecule has 0 amide bonds. The van der Waals surface area contributed by atoms with Gasteiger partial charge in [-0.15, -0.1) is 11.3 Å². The van der Waals surface area contributed by atoms with Crippen molar-refractivity contribution in [2.45, 2.75) is 44.9 Å². The van der Waals surface area contributed by atoms with E-state index in [0.29, 0.717) is 4.75 Å². The second-order valence-corrected chi connectivity index (χ2v) is 8.61. The van der Waals surface area contributed by atoms with Crippen LogP contribution in [0.15, 0.2) is 6.20 Å². The number of nitrogens with zero attached hydrogens (tertiary/aromatic N) is 2. The molecular formula is C14H25N3S2. The summed E-state index contributed by atoms with van der Waals surface area (Å²) in [6.45, 7) is 11.4. The Morgan fingerprint density at radius 3 is 3.05 bits per heavy atom. The molecule has 0 aromatic carbocycles. The van der Waals surface area contributed by atoms with Gasteiger partial charge in [-0.1, -0.05) is 20.8 Å². The number of thioether (sulfide) groups is 1. The highest BCUT2D eigenvalue weighted by Crippen LogP contribution is 2.31. The van der Waals surface area contributed by atoms with Crippen molar-refractivity contribution in [1.29, 1.82) is 0 Å². The molecule has 1 fully saturated rings. The van der Waals surface area contributed by atoms with Crippen LogP contribution in [-0.2, 0) is 6.54 Å². The van der Waals surface area contributed by atoms with Crippen molar-refractivity contribution in [2.75, 3.05) is 30.7 Å². The van der Waals surface area contributed by atoms with Crippen molar-refractivity contribution in [2.24, 2.45) is 0 Å². The Morgan fingerprint density at radius 2 is 2.26 bits per heavy atom. The second-order valence-electron chi connectivity index (χ2n) is 5.69. The van der Waals surface area contributed by atoms with E-state index in [1.165, 1.54) is 30.1 Å². The van der Waals surface area contributed by atoms with Crippen molar-refractivity contribution >= 4 is 28.2 Å². The van der Waals surface area contributed by atoms with Gasteiger partial charge < -0.3 is 5.32 Å². The fourth-order valence-corrected chi connectivity index (χ4v) is 4.15. The summed E-state index contributed by atoms with van der Waals surface area (Å²) in [5, 5.41) is 4.43. The number of nitrogens with one attached hydrogen (secondary N) is 1. The zero-order valence-corrected chi connectivity index (χ0v) is 13.9. The van der Waals surface area contributed by atoms with E-state index in [2.05, 4.69) is 47.7 Å². The first-order valence-electron chi connectivity index (χ1n) is 7.14. The lowest BCUT2D eigenvalue weighted by Crippen LogP contribution is -2.26. The lowest BCUT2D eigenvalue weighted by Gasteiger charge is -2.22. The molecule has 1 aromatic rings. The van der Waals surface area contributed by atoms with Crippen LogP contribution >= 0.6 is 23.1 Å². The van der Waals surface area contributed by atoms with Crippen molar-refractivity contribution < 1.29 is 0 Å². The molecule has 2 heterocycles. The monoisotopic (exact) mass is 299 g/mol. The highest BCUT2D eigenvalue weighted by atomic mass is 32.2. The van der Waals surface area contributed by atoms with E-state index >= 15 is 0 Å². The molecule has 0 saturated carbocycles. The van der Waals surface area contributed by atoms with E-state index in [0.717, 1.165) is 24.6 Å². The molecule has 3 nitrogen and oxygen atoms in total. The molecule has 1 aliphatic rings. The molecule has 1 aromatic heterocycles. The maximum atomic E-state index is 4.45. The van der Waals surface area contributed by atoms with Gasteiger partial charge in [0.25, 0.3) is 0 Å². The molecule has 1 saturated heterocycles. The van der Waals surface area contributed by atoms with E-state index in [4.69, 9.17) is 0 Å². The minimum absolute atomic E-state index is 0.441. The van der Waals surface area contributed by atoms with Gasteiger partial charge >= 0.3 is 0 Å². The quantitative estimate of drug-likeness (QED) is 0.897. The van der Waals surface area contributed by atoms with Crippen LogP contribution in [-0.4, -0.2) is 40.0 Å². The second kappa shape index (κ2) is 6.95. The number of thiazole rings is 1. The van der Waals surface area contributed by atoms with Crippen molar-refractivity contribution in [1.82, 2.24) is 9.88 Å². The maximum Gasteiger partial charge on any atom is 0.182 e. The summed E-state index contributed by atoms with van der Waals surface area (Å²) < 4.78 is 0.441. The standard InChI is InChI=1S/C14H25N3S2/c1-4-6-15-13-16-10-12(19-13)11-17-7-5-14(2,3)18-9-8-17/h10H,4-9,11H2,1-3H3,(H,15,16). The fourth-order valence-electron chi connectivity index (χ4n) is 2.14. The van der Waals surface area contributed by atoms with Gasteiger partial charge in [0.2, 0.25) is 0 Å². The summed E-state index contributed by atoms with van der Waals surface area (Å²) in [6.07, 6.45) is 4.45. The molecule has 0 radical (unpaired) electrons. The minimum Gasteiger partial charge on any atom is -0.362 e. The largest absolute Gasteiger partial charge is 0.362 e. The predicted molar refractivity (Wildman–Crippen MR) is 87.3 cm³/mol. The van der Waals surface area contributed by atoms with Crippen LogP contribution in [0.2, 0.25) is 0 Å². The van der Waals surface area contributed by atoms with E-state index in [1.54, 1.807) is 11.3 Å². The number of hydrogen-bond donors (Lipinski definition) is 1. The Kier molecular flexibility index (Phi) is 5.54. The summed E-state index contributed by atoms with van der Waals surface area (Å²) in [5.74, 6) is 1.24. The highest BCUT2D eigenvalue weighted by molar-refractivity contribution is 8.00. The van der Waals surface area contributed by atoms with Crippen molar-refractivity contribution in [3.8, 4) is 0 Å². The maximum absolute atomic E-state index is 4.45. The van der Waals surface area contributed by atoms with Crippen LogP contribution < -0.4 is 5.32 Å². The average molecular weight is 300 g/mol. The third-order valence-corrected chi connectivity index (χ3v) is 5.70.